The van der Waals surface area contributed by atoms with Crippen LogP contribution >= 0.6 is 0 Å². The summed E-state index contributed by atoms with van der Waals surface area (Å²) in [6, 6.07) is 9.67. The van der Waals surface area contributed by atoms with Gasteiger partial charge >= 0.3 is 0 Å². The third-order valence-corrected chi connectivity index (χ3v) is 9.14. The van der Waals surface area contributed by atoms with Crippen molar-refractivity contribution in [2.45, 2.75) is 71.0 Å². The molecule has 1 aliphatic carbocycles. The zero-order valence-electron chi connectivity index (χ0n) is 23.1. The Labute approximate surface area is 235 Å². The van der Waals surface area contributed by atoms with Crippen molar-refractivity contribution in [3.63, 3.8) is 0 Å². The van der Waals surface area contributed by atoms with E-state index in [2.05, 4.69) is 5.32 Å². The first-order valence-corrected chi connectivity index (χ1v) is 15.6. The first kappa shape index (κ1) is 29.6. The van der Waals surface area contributed by atoms with Crippen molar-refractivity contribution in [1.82, 2.24) is 10.2 Å². The van der Waals surface area contributed by atoms with E-state index in [1.807, 2.05) is 6.92 Å². The lowest BCUT2D eigenvalue weighted by Gasteiger charge is -2.34. The van der Waals surface area contributed by atoms with Crippen LogP contribution in [0.2, 0.25) is 0 Å². The second-order valence-electron chi connectivity index (χ2n) is 10.2. The quantitative estimate of drug-likeness (QED) is 0.434. The molecule has 1 saturated carbocycles. The molecular formula is C29H38FN3O6S. The van der Waals surface area contributed by atoms with E-state index in [1.54, 1.807) is 30.3 Å². The Morgan fingerprint density at radius 3 is 2.33 bits per heavy atom. The Hall–Kier alpha value is -3.34. The fraction of sp³-hybridized carbons (Fsp3) is 0.517. The molecule has 1 N–H and O–H groups in total. The van der Waals surface area contributed by atoms with Crippen LogP contribution in [0.3, 0.4) is 0 Å². The molecule has 2 amide bonds. The monoisotopic (exact) mass is 575 g/mol. The highest BCUT2D eigenvalue weighted by Gasteiger charge is 2.33. The smallest absolute Gasteiger partial charge is 0.244 e. The molecule has 0 radical (unpaired) electrons. The lowest BCUT2D eigenvalue weighted by atomic mass is 9.95. The zero-order chi connectivity index (χ0) is 28.7. The van der Waals surface area contributed by atoms with Crippen molar-refractivity contribution in [2.75, 3.05) is 29.8 Å². The van der Waals surface area contributed by atoms with Crippen LogP contribution in [0.15, 0.2) is 42.5 Å². The van der Waals surface area contributed by atoms with Crippen LogP contribution in [0.4, 0.5) is 10.1 Å². The van der Waals surface area contributed by atoms with Crippen LogP contribution < -0.4 is 19.1 Å². The molecule has 2 aromatic rings. The van der Waals surface area contributed by atoms with Crippen molar-refractivity contribution in [3.8, 4) is 11.5 Å². The number of rotatable bonds is 11. The fourth-order valence-corrected chi connectivity index (χ4v) is 6.21. The summed E-state index contributed by atoms with van der Waals surface area (Å²) in [5, 5.41) is 3.11. The summed E-state index contributed by atoms with van der Waals surface area (Å²) in [5.41, 5.74) is 0.892. The summed E-state index contributed by atoms with van der Waals surface area (Å²) in [4.78, 5) is 28.8. The molecule has 0 spiro atoms. The van der Waals surface area contributed by atoms with Crippen molar-refractivity contribution in [1.29, 1.82) is 0 Å². The summed E-state index contributed by atoms with van der Waals surface area (Å²) in [5.74, 6) is -0.558. The van der Waals surface area contributed by atoms with E-state index in [-0.39, 0.29) is 29.9 Å². The zero-order valence-corrected chi connectivity index (χ0v) is 23.9. The number of amides is 2. The Morgan fingerprint density at radius 2 is 1.68 bits per heavy atom. The van der Waals surface area contributed by atoms with E-state index in [9.17, 15) is 22.4 Å². The minimum Gasteiger partial charge on any atom is -0.486 e. The van der Waals surface area contributed by atoms with Gasteiger partial charge < -0.3 is 19.7 Å². The molecule has 9 nitrogen and oxygen atoms in total. The molecular weight excluding hydrogens is 537 g/mol. The number of halogens is 1. The maximum absolute atomic E-state index is 14.0. The molecule has 218 valence electrons. The number of anilines is 1. The molecule has 2 aliphatic rings. The van der Waals surface area contributed by atoms with Gasteiger partial charge in [-0.05, 0) is 56.0 Å². The molecule has 0 aromatic heterocycles. The van der Waals surface area contributed by atoms with Crippen LogP contribution in [0.25, 0.3) is 0 Å². The number of sulfonamides is 1. The second kappa shape index (κ2) is 13.3. The molecule has 0 saturated heterocycles. The Kier molecular flexibility index (Phi) is 9.89. The van der Waals surface area contributed by atoms with Crippen molar-refractivity contribution in [3.05, 3.63) is 53.8 Å². The van der Waals surface area contributed by atoms with Gasteiger partial charge in [0.05, 0.1) is 11.4 Å². The van der Waals surface area contributed by atoms with Gasteiger partial charge in [0, 0.05) is 18.7 Å². The summed E-state index contributed by atoms with van der Waals surface area (Å²) in [6.07, 6.45) is 5.33. The average molecular weight is 576 g/mol. The van der Waals surface area contributed by atoms with Gasteiger partial charge in [-0.15, -0.1) is 0 Å². The van der Waals surface area contributed by atoms with Gasteiger partial charge in [-0.25, -0.2) is 12.8 Å². The average Bonchev–Trinajstić information content (AvgIpc) is 2.97. The van der Waals surface area contributed by atoms with Gasteiger partial charge in [-0.3, -0.25) is 13.9 Å². The number of carbonyl (C=O) groups is 2. The third kappa shape index (κ3) is 7.24. The van der Waals surface area contributed by atoms with E-state index in [1.165, 1.54) is 24.0 Å². The van der Waals surface area contributed by atoms with E-state index < -0.39 is 34.3 Å². The molecule has 1 atom stereocenters. The number of benzene rings is 2. The van der Waals surface area contributed by atoms with Gasteiger partial charge in [-0.2, -0.15) is 0 Å². The molecule has 11 heteroatoms. The molecule has 1 fully saturated rings. The number of hydrogen-bond donors (Lipinski definition) is 1. The Morgan fingerprint density at radius 1 is 1.00 bits per heavy atom. The summed E-state index contributed by atoms with van der Waals surface area (Å²) in [7, 11) is -3.88. The summed E-state index contributed by atoms with van der Waals surface area (Å²) in [6.45, 7) is 3.56. The molecule has 0 unspecified atom stereocenters. The number of nitrogens with zero attached hydrogens (tertiary/aromatic N) is 2. The molecule has 0 bridgehead atoms. The molecule has 1 heterocycles. The highest BCUT2D eigenvalue weighted by molar-refractivity contribution is 7.92. The lowest BCUT2D eigenvalue weighted by molar-refractivity contribution is -0.140. The molecule has 4 rings (SSSR count). The normalized spacial score (nSPS) is 16.2. The van der Waals surface area contributed by atoms with Crippen LogP contribution in [0.1, 0.15) is 57.9 Å². The van der Waals surface area contributed by atoms with Crippen LogP contribution in [-0.2, 0) is 26.2 Å². The Bertz CT molecular complexity index is 1280. The Balaban J connectivity index is 1.64. The fourth-order valence-electron chi connectivity index (χ4n) is 5.16. The highest BCUT2D eigenvalue weighted by Crippen LogP contribution is 2.35. The van der Waals surface area contributed by atoms with E-state index >= 15 is 0 Å². The number of ether oxygens (including phenoxy) is 2. The van der Waals surface area contributed by atoms with Gasteiger partial charge in [0.2, 0.25) is 21.8 Å². The minimum absolute atomic E-state index is 0.0247. The topological polar surface area (TPSA) is 105 Å². The first-order chi connectivity index (χ1) is 19.2. The maximum Gasteiger partial charge on any atom is 0.244 e. The lowest BCUT2D eigenvalue weighted by Crippen LogP contribution is -2.54. The van der Waals surface area contributed by atoms with Crippen molar-refractivity contribution < 1.29 is 31.9 Å². The number of hydrogen-bond acceptors (Lipinski definition) is 6. The summed E-state index contributed by atoms with van der Waals surface area (Å²) >= 11 is 0. The second-order valence-corrected chi connectivity index (χ2v) is 12.3. The van der Waals surface area contributed by atoms with E-state index in [0.717, 1.165) is 36.4 Å². The van der Waals surface area contributed by atoms with Crippen LogP contribution in [0.5, 0.6) is 11.5 Å². The molecule has 1 aliphatic heterocycles. The number of nitrogens with one attached hydrogen (secondary N) is 1. The first-order valence-electron chi connectivity index (χ1n) is 14.0. The summed E-state index contributed by atoms with van der Waals surface area (Å²) < 4.78 is 52.3. The largest absolute Gasteiger partial charge is 0.486 e. The van der Waals surface area contributed by atoms with Crippen LogP contribution in [-0.4, -0.2) is 62.7 Å². The standard InChI is InChI=1S/C29H38FN3O6S/c1-3-25(29(35)31-23-8-6-5-7-9-23)32(19-21-10-12-22(30)13-11-21)28(34)20-33(40(36,37)4-2)24-14-15-26-27(18-24)39-17-16-38-26/h10-15,18,23,25H,3-9,16-17,19-20H2,1-2H3,(H,31,35)/t25-/m1/s1. The number of fused-ring (bicyclic) bond motifs is 1. The third-order valence-electron chi connectivity index (χ3n) is 7.40. The van der Waals surface area contributed by atoms with E-state index in [4.69, 9.17) is 9.47 Å². The van der Waals surface area contributed by atoms with Crippen molar-refractivity contribution >= 4 is 27.5 Å². The predicted octanol–water partition coefficient (Wildman–Crippen LogP) is 4.01. The SMILES string of the molecule is CC[C@H](C(=O)NC1CCCCC1)N(Cc1ccc(F)cc1)C(=O)CN(c1ccc2c(c1)OCCO2)S(=O)(=O)CC. The van der Waals surface area contributed by atoms with E-state index in [0.29, 0.717) is 36.7 Å². The van der Waals surface area contributed by atoms with Gasteiger partial charge in [0.25, 0.3) is 0 Å². The van der Waals surface area contributed by atoms with Gasteiger partial charge in [-0.1, -0.05) is 38.3 Å². The molecule has 2 aromatic carbocycles. The minimum atomic E-state index is -3.88. The maximum atomic E-state index is 14.0. The predicted molar refractivity (Wildman–Crippen MR) is 150 cm³/mol. The number of carbonyl (C=O) groups excluding carboxylic acids is 2. The van der Waals surface area contributed by atoms with Gasteiger partial charge in [0.1, 0.15) is 31.6 Å². The van der Waals surface area contributed by atoms with Gasteiger partial charge in [0.15, 0.2) is 11.5 Å². The highest BCUT2D eigenvalue weighted by atomic mass is 32.2. The van der Waals surface area contributed by atoms with Crippen LogP contribution in [0, 0.1) is 5.82 Å². The van der Waals surface area contributed by atoms with Crippen molar-refractivity contribution in [2.24, 2.45) is 0 Å². The molecule has 40 heavy (non-hydrogen) atoms.